The molecule has 0 spiro atoms. The van der Waals surface area contributed by atoms with Crippen LogP contribution in [0.1, 0.15) is 42.6 Å². The average molecular weight is 417 g/mol. The Balaban J connectivity index is 2.29. The highest BCUT2D eigenvalue weighted by molar-refractivity contribution is 7.89. The van der Waals surface area contributed by atoms with Gasteiger partial charge in [0.05, 0.1) is 5.02 Å². The number of halogens is 1. The lowest BCUT2D eigenvalue weighted by atomic mass is 10.2. The molecule has 10 heteroatoms. The Morgan fingerprint density at radius 1 is 1.23 bits per heavy atom. The van der Waals surface area contributed by atoms with Gasteiger partial charge in [0.2, 0.25) is 15.2 Å². The van der Waals surface area contributed by atoms with Crippen molar-refractivity contribution < 1.29 is 13.2 Å². The largest absolute Gasteiger partial charge is 0.296 e. The predicted molar refractivity (Wildman–Crippen MR) is 103 cm³/mol. The van der Waals surface area contributed by atoms with Gasteiger partial charge in [0.1, 0.15) is 9.90 Å². The van der Waals surface area contributed by atoms with Crippen molar-refractivity contribution in [2.45, 2.75) is 38.5 Å². The van der Waals surface area contributed by atoms with Crippen LogP contribution in [0.5, 0.6) is 0 Å². The van der Waals surface area contributed by atoms with E-state index in [1.165, 1.54) is 33.8 Å². The maximum atomic E-state index is 12.7. The smallest absolute Gasteiger partial charge is 0.257 e. The second-order valence-electron chi connectivity index (χ2n) is 5.44. The number of aryl methyl sites for hydroxylation is 1. The topological polar surface area (TPSA) is 92.3 Å². The maximum Gasteiger partial charge on any atom is 0.257 e. The molecule has 2 aromatic rings. The summed E-state index contributed by atoms with van der Waals surface area (Å²) in [5.74, 6) is -0.461. The van der Waals surface area contributed by atoms with E-state index < -0.39 is 15.9 Å². The standard InChI is InChI=1S/C16H21ClN4O3S2/c1-4-7-14-19-20-16(25-14)18-15(22)11-8-9-12(17)13(10-11)26(23,24)21(5-2)6-3/h8-10H,4-7H2,1-3H3,(H,18,20,22). The van der Waals surface area contributed by atoms with Crippen LogP contribution in [0.3, 0.4) is 0 Å². The molecule has 26 heavy (non-hydrogen) atoms. The predicted octanol–water partition coefficient (Wildman–Crippen LogP) is 3.43. The number of anilines is 1. The van der Waals surface area contributed by atoms with E-state index in [-0.39, 0.29) is 15.5 Å². The zero-order chi connectivity index (χ0) is 19.3. The number of sulfonamides is 1. The van der Waals surface area contributed by atoms with Crippen LogP contribution in [0.15, 0.2) is 23.1 Å². The van der Waals surface area contributed by atoms with Crippen LogP contribution in [0.25, 0.3) is 0 Å². The Morgan fingerprint density at radius 3 is 2.54 bits per heavy atom. The summed E-state index contributed by atoms with van der Waals surface area (Å²) >= 11 is 7.38. The highest BCUT2D eigenvalue weighted by Crippen LogP contribution is 2.26. The number of rotatable bonds is 8. The van der Waals surface area contributed by atoms with Gasteiger partial charge in [-0.15, -0.1) is 10.2 Å². The minimum absolute atomic E-state index is 0.0783. The molecule has 0 atom stereocenters. The lowest BCUT2D eigenvalue weighted by Gasteiger charge is -2.19. The van der Waals surface area contributed by atoms with Crippen molar-refractivity contribution in [3.8, 4) is 0 Å². The third kappa shape index (κ3) is 4.59. The highest BCUT2D eigenvalue weighted by Gasteiger charge is 2.25. The van der Waals surface area contributed by atoms with Crippen LogP contribution in [0.2, 0.25) is 5.02 Å². The average Bonchev–Trinajstić information content (AvgIpc) is 3.03. The molecule has 0 saturated carbocycles. The van der Waals surface area contributed by atoms with Crippen LogP contribution < -0.4 is 5.32 Å². The van der Waals surface area contributed by atoms with E-state index in [4.69, 9.17) is 11.6 Å². The molecule has 142 valence electrons. The van der Waals surface area contributed by atoms with E-state index in [9.17, 15) is 13.2 Å². The second kappa shape index (κ2) is 8.90. The van der Waals surface area contributed by atoms with Gasteiger partial charge < -0.3 is 0 Å². The van der Waals surface area contributed by atoms with Gasteiger partial charge in [0, 0.05) is 25.1 Å². The van der Waals surface area contributed by atoms with Gasteiger partial charge in [-0.3, -0.25) is 10.1 Å². The monoisotopic (exact) mass is 416 g/mol. The molecule has 0 bridgehead atoms. The zero-order valence-corrected chi connectivity index (χ0v) is 17.2. The van der Waals surface area contributed by atoms with Crippen molar-refractivity contribution in [2.24, 2.45) is 0 Å². The molecule has 1 aromatic carbocycles. The summed E-state index contributed by atoms with van der Waals surface area (Å²) in [6.07, 6.45) is 1.73. The lowest BCUT2D eigenvalue weighted by Crippen LogP contribution is -2.31. The molecule has 1 heterocycles. The van der Waals surface area contributed by atoms with Gasteiger partial charge >= 0.3 is 0 Å². The van der Waals surface area contributed by atoms with Crippen LogP contribution in [-0.4, -0.2) is 41.9 Å². The van der Waals surface area contributed by atoms with Gasteiger partial charge in [-0.25, -0.2) is 8.42 Å². The number of nitrogens with zero attached hydrogens (tertiary/aromatic N) is 3. The summed E-state index contributed by atoms with van der Waals surface area (Å²) in [6.45, 7) is 6.15. The first-order chi connectivity index (χ1) is 12.3. The summed E-state index contributed by atoms with van der Waals surface area (Å²) in [5, 5.41) is 11.9. The van der Waals surface area contributed by atoms with E-state index in [0.29, 0.717) is 18.2 Å². The molecule has 1 aromatic heterocycles. The quantitative estimate of drug-likeness (QED) is 0.711. The number of amides is 1. The Morgan fingerprint density at radius 2 is 1.92 bits per heavy atom. The molecule has 0 aliphatic rings. The molecule has 0 fully saturated rings. The van der Waals surface area contributed by atoms with Gasteiger partial charge in [-0.2, -0.15) is 4.31 Å². The van der Waals surface area contributed by atoms with Crippen LogP contribution >= 0.6 is 22.9 Å². The Bertz CT molecular complexity index is 879. The Hall–Kier alpha value is -1.55. The number of aromatic nitrogens is 2. The van der Waals surface area contributed by atoms with E-state index in [2.05, 4.69) is 15.5 Å². The second-order valence-corrected chi connectivity index (χ2v) is 8.82. The molecular weight excluding hydrogens is 396 g/mol. The molecule has 2 rings (SSSR count). The molecule has 0 aliphatic carbocycles. The number of nitrogens with one attached hydrogen (secondary N) is 1. The number of benzene rings is 1. The molecule has 1 N–H and O–H groups in total. The molecular formula is C16H21ClN4O3S2. The molecule has 1 amide bonds. The molecule has 0 unspecified atom stereocenters. The summed E-state index contributed by atoms with van der Waals surface area (Å²) in [5.41, 5.74) is 0.187. The van der Waals surface area contributed by atoms with Gasteiger partial charge in [0.15, 0.2) is 0 Å². The summed E-state index contributed by atoms with van der Waals surface area (Å²) < 4.78 is 26.7. The molecule has 0 radical (unpaired) electrons. The lowest BCUT2D eigenvalue weighted by molar-refractivity contribution is 0.102. The summed E-state index contributed by atoms with van der Waals surface area (Å²) in [4.78, 5) is 12.4. The van der Waals surface area contributed by atoms with E-state index >= 15 is 0 Å². The number of hydrogen-bond acceptors (Lipinski definition) is 6. The Labute approximate surface area is 162 Å². The van der Waals surface area contributed by atoms with Gasteiger partial charge in [-0.05, 0) is 24.6 Å². The zero-order valence-electron chi connectivity index (χ0n) is 14.8. The molecule has 0 saturated heterocycles. The van der Waals surface area contributed by atoms with Crippen molar-refractivity contribution in [3.63, 3.8) is 0 Å². The first kappa shape index (κ1) is 20.8. The SMILES string of the molecule is CCCc1nnc(NC(=O)c2ccc(Cl)c(S(=O)(=O)N(CC)CC)c2)s1. The van der Waals surface area contributed by atoms with Crippen molar-refractivity contribution in [3.05, 3.63) is 33.8 Å². The van der Waals surface area contributed by atoms with Crippen LogP contribution in [0.4, 0.5) is 5.13 Å². The van der Waals surface area contributed by atoms with Gasteiger partial charge in [-0.1, -0.05) is 43.7 Å². The fourth-order valence-corrected chi connectivity index (χ4v) is 5.13. The van der Waals surface area contributed by atoms with Crippen LogP contribution in [0, 0.1) is 0 Å². The normalized spacial score (nSPS) is 11.7. The third-order valence-electron chi connectivity index (χ3n) is 3.67. The van der Waals surface area contributed by atoms with Crippen molar-refractivity contribution in [2.75, 3.05) is 18.4 Å². The fourth-order valence-electron chi connectivity index (χ4n) is 2.33. The van der Waals surface area contributed by atoms with E-state index in [1.54, 1.807) is 13.8 Å². The third-order valence-corrected chi connectivity index (χ3v) is 7.10. The molecule has 0 aliphatic heterocycles. The fraction of sp³-hybridized carbons (Fsp3) is 0.438. The summed E-state index contributed by atoms with van der Waals surface area (Å²) in [7, 11) is -3.77. The minimum atomic E-state index is -3.77. The number of hydrogen-bond donors (Lipinski definition) is 1. The molecule has 7 nitrogen and oxygen atoms in total. The van der Waals surface area contributed by atoms with Crippen molar-refractivity contribution in [1.29, 1.82) is 0 Å². The van der Waals surface area contributed by atoms with Crippen molar-refractivity contribution >= 4 is 44.0 Å². The highest BCUT2D eigenvalue weighted by atomic mass is 35.5. The maximum absolute atomic E-state index is 12.7. The summed E-state index contributed by atoms with van der Waals surface area (Å²) in [6, 6.07) is 4.18. The van der Waals surface area contributed by atoms with Crippen LogP contribution in [-0.2, 0) is 16.4 Å². The van der Waals surface area contributed by atoms with E-state index in [1.807, 2.05) is 6.92 Å². The number of carbonyl (C=O) groups excluding carboxylic acids is 1. The number of carbonyl (C=O) groups is 1. The van der Waals surface area contributed by atoms with Crippen molar-refractivity contribution in [1.82, 2.24) is 14.5 Å². The first-order valence-electron chi connectivity index (χ1n) is 8.26. The Kier molecular flexibility index (Phi) is 7.10. The minimum Gasteiger partial charge on any atom is -0.296 e. The first-order valence-corrected chi connectivity index (χ1v) is 10.9. The van der Waals surface area contributed by atoms with Gasteiger partial charge in [0.25, 0.3) is 5.91 Å². The van der Waals surface area contributed by atoms with E-state index in [0.717, 1.165) is 17.8 Å².